The molecule has 0 radical (unpaired) electrons. The van der Waals surface area contributed by atoms with Gasteiger partial charge in [-0.05, 0) is 63.3 Å². The average molecular weight is 519 g/mol. The van der Waals surface area contributed by atoms with Crippen molar-refractivity contribution in [3.8, 4) is 10.6 Å². The summed E-state index contributed by atoms with van der Waals surface area (Å²) in [7, 11) is 0. The van der Waals surface area contributed by atoms with Crippen LogP contribution in [0.3, 0.4) is 0 Å². The van der Waals surface area contributed by atoms with Crippen LogP contribution in [0.1, 0.15) is 73.0 Å². The number of carbonyl (C=O) groups excluding carboxylic acids is 3. The summed E-state index contributed by atoms with van der Waals surface area (Å²) in [5.74, 6) is 0.317. The third kappa shape index (κ3) is 5.35. The number of fused-ring (bicyclic) bond motifs is 1. The Morgan fingerprint density at radius 2 is 2.11 bits per heavy atom. The first kappa shape index (κ1) is 24.0. The minimum atomic E-state index is -0.377. The van der Waals surface area contributed by atoms with Gasteiger partial charge in [-0.3, -0.25) is 19.7 Å². The molecule has 5 heterocycles. The van der Waals surface area contributed by atoms with Crippen LogP contribution in [0.5, 0.6) is 0 Å². The number of ketones is 1. The van der Waals surface area contributed by atoms with Gasteiger partial charge in [-0.1, -0.05) is 6.42 Å². The lowest BCUT2D eigenvalue weighted by molar-refractivity contribution is -0.124. The molecule has 6 rings (SSSR count). The summed E-state index contributed by atoms with van der Waals surface area (Å²) in [5, 5.41) is 13.9. The molecule has 0 bridgehead atoms. The van der Waals surface area contributed by atoms with Crippen LogP contribution in [0.4, 0.5) is 5.82 Å². The highest BCUT2D eigenvalue weighted by atomic mass is 32.1. The summed E-state index contributed by atoms with van der Waals surface area (Å²) in [6.07, 6.45) is 11.8. The number of Topliss-reactive ketones (excluding diaryl/α,β-unsaturated/α-hetero) is 1. The van der Waals surface area contributed by atoms with Crippen LogP contribution in [0, 0.1) is 0 Å². The maximum atomic E-state index is 12.9. The monoisotopic (exact) mass is 518 g/mol. The van der Waals surface area contributed by atoms with Crippen molar-refractivity contribution in [3.05, 3.63) is 40.4 Å². The van der Waals surface area contributed by atoms with Gasteiger partial charge in [0.1, 0.15) is 5.82 Å². The van der Waals surface area contributed by atoms with Gasteiger partial charge in [0, 0.05) is 35.7 Å². The van der Waals surface area contributed by atoms with Gasteiger partial charge in [-0.25, -0.2) is 4.98 Å². The first-order chi connectivity index (χ1) is 18.0. The summed E-state index contributed by atoms with van der Waals surface area (Å²) < 4.78 is 1.74. The topological polar surface area (TPSA) is 117 Å². The van der Waals surface area contributed by atoms with Gasteiger partial charge < -0.3 is 10.6 Å². The molecule has 1 aliphatic carbocycles. The molecule has 3 fully saturated rings. The molecule has 37 heavy (non-hydrogen) atoms. The Bertz CT molecular complexity index is 1400. The molecule has 1 atom stereocenters. The molecule has 3 aromatic rings. The number of imide groups is 1. The summed E-state index contributed by atoms with van der Waals surface area (Å²) in [4.78, 5) is 43.2. The predicted octanol–water partition coefficient (Wildman–Crippen LogP) is 3.96. The van der Waals surface area contributed by atoms with Crippen LogP contribution in [0.2, 0.25) is 0 Å². The molecular formula is C27H30N6O3S. The van der Waals surface area contributed by atoms with Crippen molar-refractivity contribution in [1.29, 1.82) is 0 Å². The second-order valence-corrected chi connectivity index (χ2v) is 11.2. The normalized spacial score (nSPS) is 21.1. The molecule has 3 N–H and O–H groups in total. The molecule has 0 aromatic carbocycles. The van der Waals surface area contributed by atoms with Gasteiger partial charge in [-0.2, -0.15) is 9.61 Å². The molecule has 0 spiro atoms. The highest BCUT2D eigenvalue weighted by Gasteiger charge is 2.26. The Labute approximate surface area is 218 Å². The SMILES string of the molecule is O=C1C/C(=C\c2cnn3c(NC4CC4)cc(-c4ccc(C(=O)CCCC5CCCCN5)s4)nc23)C(=O)N1. The number of piperidine rings is 1. The van der Waals surface area contributed by atoms with Crippen molar-refractivity contribution in [2.45, 2.75) is 69.9 Å². The van der Waals surface area contributed by atoms with Crippen LogP contribution in [0.15, 0.2) is 30.0 Å². The fourth-order valence-corrected chi connectivity index (χ4v) is 5.92. The highest BCUT2D eigenvalue weighted by Crippen LogP contribution is 2.33. The smallest absolute Gasteiger partial charge is 0.254 e. The maximum Gasteiger partial charge on any atom is 0.254 e. The maximum absolute atomic E-state index is 12.9. The van der Waals surface area contributed by atoms with Crippen molar-refractivity contribution < 1.29 is 14.4 Å². The molecule has 2 aliphatic heterocycles. The second-order valence-electron chi connectivity index (χ2n) is 10.1. The number of thiophene rings is 1. The first-order valence-electron chi connectivity index (χ1n) is 13.1. The zero-order valence-electron chi connectivity index (χ0n) is 20.6. The Hall–Kier alpha value is -3.37. The van der Waals surface area contributed by atoms with Crippen molar-refractivity contribution in [2.75, 3.05) is 11.9 Å². The van der Waals surface area contributed by atoms with Gasteiger partial charge in [0.2, 0.25) is 5.91 Å². The van der Waals surface area contributed by atoms with Crippen molar-refractivity contribution in [1.82, 2.24) is 25.2 Å². The zero-order chi connectivity index (χ0) is 25.4. The van der Waals surface area contributed by atoms with E-state index in [0.29, 0.717) is 35.3 Å². The molecular weight excluding hydrogens is 488 g/mol. The zero-order valence-corrected chi connectivity index (χ0v) is 21.4. The average Bonchev–Trinajstić information content (AvgIpc) is 3.26. The summed E-state index contributed by atoms with van der Waals surface area (Å²) in [5.41, 5.74) is 2.42. The molecule has 2 amide bonds. The summed E-state index contributed by atoms with van der Waals surface area (Å²) >= 11 is 1.46. The Morgan fingerprint density at radius 1 is 1.22 bits per heavy atom. The van der Waals surface area contributed by atoms with Gasteiger partial charge in [0.05, 0.1) is 28.1 Å². The number of nitrogens with zero attached hydrogens (tertiary/aromatic N) is 3. The molecule has 9 nitrogen and oxygen atoms in total. The van der Waals surface area contributed by atoms with Crippen molar-refractivity contribution in [3.63, 3.8) is 0 Å². The van der Waals surface area contributed by atoms with E-state index < -0.39 is 0 Å². The van der Waals surface area contributed by atoms with Crippen LogP contribution in [-0.4, -0.2) is 50.8 Å². The first-order valence-corrected chi connectivity index (χ1v) is 13.9. The second kappa shape index (κ2) is 10.2. The van der Waals surface area contributed by atoms with Gasteiger partial charge in [0.25, 0.3) is 5.91 Å². The largest absolute Gasteiger partial charge is 0.367 e. The summed E-state index contributed by atoms with van der Waals surface area (Å²) in [6.45, 7) is 1.09. The van der Waals surface area contributed by atoms with E-state index in [9.17, 15) is 14.4 Å². The van der Waals surface area contributed by atoms with E-state index in [0.717, 1.165) is 53.5 Å². The third-order valence-corrected chi connectivity index (χ3v) is 8.30. The quantitative estimate of drug-likeness (QED) is 0.223. The van der Waals surface area contributed by atoms with E-state index in [2.05, 4.69) is 21.0 Å². The van der Waals surface area contributed by atoms with Crippen molar-refractivity contribution in [2.24, 2.45) is 0 Å². The van der Waals surface area contributed by atoms with Crippen molar-refractivity contribution >= 4 is 46.5 Å². The number of rotatable bonds is 9. The van der Waals surface area contributed by atoms with E-state index in [4.69, 9.17) is 4.98 Å². The molecule has 1 unspecified atom stereocenters. The number of anilines is 1. The van der Waals surface area contributed by atoms with E-state index in [1.165, 1.54) is 30.6 Å². The molecule has 2 saturated heterocycles. The van der Waals surface area contributed by atoms with E-state index in [1.54, 1.807) is 16.8 Å². The van der Waals surface area contributed by atoms with Crippen LogP contribution in [0.25, 0.3) is 22.3 Å². The van der Waals surface area contributed by atoms with Crippen LogP contribution < -0.4 is 16.0 Å². The number of aromatic nitrogens is 3. The lowest BCUT2D eigenvalue weighted by atomic mass is 9.99. The third-order valence-electron chi connectivity index (χ3n) is 7.16. The van der Waals surface area contributed by atoms with Gasteiger partial charge in [-0.15, -0.1) is 11.3 Å². The molecule has 1 saturated carbocycles. The minimum Gasteiger partial charge on any atom is -0.367 e. The van der Waals surface area contributed by atoms with E-state index in [-0.39, 0.29) is 24.0 Å². The van der Waals surface area contributed by atoms with Crippen LogP contribution in [-0.2, 0) is 9.59 Å². The van der Waals surface area contributed by atoms with Crippen LogP contribution >= 0.6 is 11.3 Å². The Morgan fingerprint density at radius 3 is 2.86 bits per heavy atom. The number of carbonyl (C=O) groups is 3. The standard InChI is InChI=1S/C27H30N6O3S/c34-21(6-3-5-18-4-1-2-11-28-18)23-10-9-22(37-23)20-14-24(30-19-7-8-19)33-26(31-20)17(15-29-33)12-16-13-25(35)32-27(16)36/h9-10,12,14-15,18-19,28,30H,1-8,11,13H2,(H,32,35,36)/b16-12+. The predicted molar refractivity (Wildman–Crippen MR) is 143 cm³/mol. The minimum absolute atomic E-state index is 0.0518. The fraction of sp³-hybridized carbons (Fsp3) is 0.444. The molecule has 3 aliphatic rings. The number of amides is 2. The molecule has 3 aromatic heterocycles. The lowest BCUT2D eigenvalue weighted by Gasteiger charge is -2.23. The van der Waals surface area contributed by atoms with E-state index >= 15 is 0 Å². The Balaban J connectivity index is 1.25. The van der Waals surface area contributed by atoms with Gasteiger partial charge >= 0.3 is 0 Å². The fourth-order valence-electron chi connectivity index (χ4n) is 4.98. The lowest BCUT2D eigenvalue weighted by Crippen LogP contribution is -2.33. The number of hydrogen-bond acceptors (Lipinski definition) is 8. The molecule has 192 valence electrons. The number of hydrogen-bond donors (Lipinski definition) is 3. The number of nitrogens with one attached hydrogen (secondary N) is 3. The molecule has 10 heteroatoms. The van der Waals surface area contributed by atoms with E-state index in [1.807, 2.05) is 18.2 Å². The van der Waals surface area contributed by atoms with Gasteiger partial charge in [0.15, 0.2) is 11.4 Å². The summed E-state index contributed by atoms with van der Waals surface area (Å²) in [6, 6.07) is 6.77. The Kier molecular flexibility index (Phi) is 6.60. The highest BCUT2D eigenvalue weighted by molar-refractivity contribution is 7.17.